The van der Waals surface area contributed by atoms with E-state index in [1.807, 2.05) is 0 Å². The summed E-state index contributed by atoms with van der Waals surface area (Å²) in [5.41, 5.74) is 0.297. The predicted molar refractivity (Wildman–Crippen MR) is 107 cm³/mol. The molecule has 3 rings (SSSR count). The predicted octanol–water partition coefficient (Wildman–Crippen LogP) is 1.15. The Hall–Kier alpha value is -3.66. The molecule has 10 heteroatoms. The highest BCUT2D eigenvalue weighted by Gasteiger charge is 2.16. The molecule has 1 heterocycles. The summed E-state index contributed by atoms with van der Waals surface area (Å²) in [5, 5.41) is 12.7. The molecule has 0 spiro atoms. The van der Waals surface area contributed by atoms with Gasteiger partial charge in [0.15, 0.2) is 29.6 Å². The molecule has 2 aromatic rings. The zero-order valence-electron chi connectivity index (χ0n) is 17.1. The number of esters is 1. The highest BCUT2D eigenvalue weighted by Crippen LogP contribution is 2.35. The minimum Gasteiger partial charge on any atom is -0.493 e. The van der Waals surface area contributed by atoms with Crippen LogP contribution in [0.1, 0.15) is 10.4 Å². The van der Waals surface area contributed by atoms with E-state index in [2.05, 4.69) is 10.1 Å². The number of hydrogen-bond donors (Lipinski definition) is 2. The zero-order valence-corrected chi connectivity index (χ0v) is 17.1. The molecule has 2 aromatic carbocycles. The van der Waals surface area contributed by atoms with E-state index >= 15 is 0 Å². The van der Waals surface area contributed by atoms with Gasteiger partial charge in [-0.2, -0.15) is 0 Å². The standard InChI is InChI=1S/C21H23NO9/c1-26-18-7-13(3-5-16(18)29-11-20(24)27-2)21(25)22-9-14(23)10-28-15-4-6-17-19(8-15)31-12-30-17/h3-8,14,23H,9-12H2,1-2H3,(H,22,25). The van der Waals surface area contributed by atoms with Gasteiger partial charge in [-0.1, -0.05) is 0 Å². The van der Waals surface area contributed by atoms with Crippen LogP contribution < -0.4 is 29.0 Å². The third kappa shape index (κ3) is 5.92. The number of amides is 1. The normalized spacial score (nSPS) is 12.6. The molecule has 1 unspecified atom stereocenters. The molecule has 166 valence electrons. The molecule has 2 N–H and O–H groups in total. The summed E-state index contributed by atoms with van der Waals surface area (Å²) >= 11 is 0. The smallest absolute Gasteiger partial charge is 0.343 e. The topological polar surface area (TPSA) is 122 Å². The van der Waals surface area contributed by atoms with Gasteiger partial charge in [0.25, 0.3) is 5.91 Å². The molecule has 0 radical (unpaired) electrons. The molecule has 31 heavy (non-hydrogen) atoms. The Balaban J connectivity index is 1.48. The van der Waals surface area contributed by atoms with E-state index in [4.69, 9.17) is 23.7 Å². The van der Waals surface area contributed by atoms with Gasteiger partial charge in [0.05, 0.1) is 14.2 Å². The lowest BCUT2D eigenvalue weighted by atomic mass is 10.2. The molecule has 1 aliphatic rings. The number of methoxy groups -OCH3 is 2. The van der Waals surface area contributed by atoms with Gasteiger partial charge < -0.3 is 38.8 Å². The van der Waals surface area contributed by atoms with Gasteiger partial charge in [0.1, 0.15) is 18.5 Å². The largest absolute Gasteiger partial charge is 0.493 e. The fourth-order valence-corrected chi connectivity index (χ4v) is 2.65. The molecule has 0 saturated heterocycles. The third-order valence-corrected chi connectivity index (χ3v) is 4.28. The average Bonchev–Trinajstić information content (AvgIpc) is 3.27. The first-order chi connectivity index (χ1) is 15.0. The summed E-state index contributed by atoms with van der Waals surface area (Å²) in [4.78, 5) is 23.6. The van der Waals surface area contributed by atoms with E-state index in [0.717, 1.165) is 0 Å². The Labute approximate surface area is 178 Å². The average molecular weight is 433 g/mol. The summed E-state index contributed by atoms with van der Waals surface area (Å²) in [7, 11) is 2.67. The molecule has 0 bridgehead atoms. The van der Waals surface area contributed by atoms with Crippen LogP contribution in [-0.4, -0.2) is 63.9 Å². The second-order valence-electron chi connectivity index (χ2n) is 6.42. The first-order valence-electron chi connectivity index (χ1n) is 9.36. The SMILES string of the molecule is COC(=O)COc1ccc(C(=O)NCC(O)COc2ccc3c(c2)OCO3)cc1OC. The number of nitrogens with one attached hydrogen (secondary N) is 1. The summed E-state index contributed by atoms with van der Waals surface area (Å²) in [5.74, 6) is 1.35. The number of aliphatic hydroxyl groups is 1. The highest BCUT2D eigenvalue weighted by molar-refractivity contribution is 5.94. The second-order valence-corrected chi connectivity index (χ2v) is 6.42. The number of carbonyl (C=O) groups is 2. The third-order valence-electron chi connectivity index (χ3n) is 4.28. The number of ether oxygens (including phenoxy) is 6. The highest BCUT2D eigenvalue weighted by atomic mass is 16.7. The quantitative estimate of drug-likeness (QED) is 0.531. The Morgan fingerprint density at radius 3 is 2.65 bits per heavy atom. The number of rotatable bonds is 10. The summed E-state index contributed by atoms with van der Waals surface area (Å²) in [6, 6.07) is 9.59. The van der Waals surface area contributed by atoms with Crippen LogP contribution in [0, 0.1) is 0 Å². The fraction of sp³-hybridized carbons (Fsp3) is 0.333. The fourth-order valence-electron chi connectivity index (χ4n) is 2.65. The molecule has 0 aromatic heterocycles. The molecular weight excluding hydrogens is 410 g/mol. The van der Waals surface area contributed by atoms with E-state index in [1.165, 1.54) is 32.4 Å². The lowest BCUT2D eigenvalue weighted by molar-refractivity contribution is -0.142. The van der Waals surface area contributed by atoms with E-state index in [9.17, 15) is 14.7 Å². The minimum absolute atomic E-state index is 0.0215. The van der Waals surface area contributed by atoms with Crippen molar-refractivity contribution in [2.24, 2.45) is 0 Å². The van der Waals surface area contributed by atoms with E-state index in [1.54, 1.807) is 18.2 Å². The lowest BCUT2D eigenvalue weighted by Crippen LogP contribution is -2.35. The van der Waals surface area contributed by atoms with Crippen LogP contribution in [-0.2, 0) is 9.53 Å². The first-order valence-corrected chi connectivity index (χ1v) is 9.36. The van der Waals surface area contributed by atoms with Crippen LogP contribution in [0.3, 0.4) is 0 Å². The van der Waals surface area contributed by atoms with Crippen molar-refractivity contribution in [3.63, 3.8) is 0 Å². The summed E-state index contributed by atoms with van der Waals surface area (Å²) < 4.78 is 31.1. The summed E-state index contributed by atoms with van der Waals surface area (Å²) in [6.45, 7) is -0.166. The van der Waals surface area contributed by atoms with Crippen LogP contribution >= 0.6 is 0 Å². The molecular formula is C21H23NO9. The van der Waals surface area contributed by atoms with Gasteiger partial charge in [-0.25, -0.2) is 4.79 Å². The van der Waals surface area contributed by atoms with Crippen molar-refractivity contribution in [1.82, 2.24) is 5.32 Å². The van der Waals surface area contributed by atoms with Crippen LogP contribution in [0.4, 0.5) is 0 Å². The molecule has 0 saturated carbocycles. The number of hydrogen-bond acceptors (Lipinski definition) is 9. The van der Waals surface area contributed by atoms with Crippen molar-refractivity contribution < 1.29 is 43.1 Å². The number of aliphatic hydroxyl groups excluding tert-OH is 1. The Kier molecular flexibility index (Phi) is 7.39. The van der Waals surface area contributed by atoms with Crippen molar-refractivity contribution in [3.05, 3.63) is 42.0 Å². The second kappa shape index (κ2) is 10.4. The van der Waals surface area contributed by atoms with Crippen molar-refractivity contribution in [2.45, 2.75) is 6.10 Å². The molecule has 1 amide bonds. The molecule has 1 atom stereocenters. The van der Waals surface area contributed by atoms with Gasteiger partial charge in [0, 0.05) is 18.2 Å². The monoisotopic (exact) mass is 433 g/mol. The molecule has 0 aliphatic carbocycles. The minimum atomic E-state index is -0.932. The van der Waals surface area contributed by atoms with Gasteiger partial charge in [-0.15, -0.1) is 0 Å². The molecule has 1 aliphatic heterocycles. The lowest BCUT2D eigenvalue weighted by Gasteiger charge is -2.14. The molecule has 0 fully saturated rings. The van der Waals surface area contributed by atoms with Crippen LogP contribution in [0.5, 0.6) is 28.7 Å². The van der Waals surface area contributed by atoms with Crippen LogP contribution in [0.2, 0.25) is 0 Å². The Morgan fingerprint density at radius 2 is 1.87 bits per heavy atom. The van der Waals surface area contributed by atoms with Crippen LogP contribution in [0.25, 0.3) is 0 Å². The maximum Gasteiger partial charge on any atom is 0.343 e. The van der Waals surface area contributed by atoms with Gasteiger partial charge in [-0.05, 0) is 30.3 Å². The maximum atomic E-state index is 12.4. The van der Waals surface area contributed by atoms with Crippen molar-refractivity contribution in [1.29, 1.82) is 0 Å². The van der Waals surface area contributed by atoms with Gasteiger partial charge >= 0.3 is 5.97 Å². The number of benzene rings is 2. The first kappa shape index (κ1) is 22.0. The Bertz CT molecular complexity index is 931. The van der Waals surface area contributed by atoms with E-state index in [0.29, 0.717) is 28.6 Å². The van der Waals surface area contributed by atoms with Crippen molar-refractivity contribution >= 4 is 11.9 Å². The Morgan fingerprint density at radius 1 is 1.06 bits per heavy atom. The number of fused-ring (bicyclic) bond motifs is 1. The molecule has 10 nitrogen and oxygen atoms in total. The summed E-state index contributed by atoms with van der Waals surface area (Å²) in [6.07, 6.45) is -0.932. The maximum absolute atomic E-state index is 12.4. The van der Waals surface area contributed by atoms with Crippen molar-refractivity contribution in [2.75, 3.05) is 40.8 Å². The van der Waals surface area contributed by atoms with Crippen LogP contribution in [0.15, 0.2) is 36.4 Å². The van der Waals surface area contributed by atoms with Gasteiger partial charge in [-0.3, -0.25) is 4.79 Å². The van der Waals surface area contributed by atoms with Crippen molar-refractivity contribution in [3.8, 4) is 28.7 Å². The van der Waals surface area contributed by atoms with Gasteiger partial charge in [0.2, 0.25) is 6.79 Å². The zero-order chi connectivity index (χ0) is 22.2. The van der Waals surface area contributed by atoms with E-state index in [-0.39, 0.29) is 32.3 Å². The number of carbonyl (C=O) groups excluding carboxylic acids is 2. The van der Waals surface area contributed by atoms with E-state index < -0.39 is 18.0 Å².